The first kappa shape index (κ1) is 14.4. The molecule has 1 nitrogen and oxygen atoms in total. The van der Waals surface area contributed by atoms with Crippen LogP contribution in [-0.2, 0) is 0 Å². The molecule has 1 unspecified atom stereocenters. The minimum Gasteiger partial charge on any atom is -0.384 e. The van der Waals surface area contributed by atoms with Crippen LogP contribution in [-0.4, -0.2) is 5.11 Å². The Morgan fingerprint density at radius 3 is 2.47 bits per heavy atom. The van der Waals surface area contributed by atoms with Crippen LogP contribution in [0.3, 0.4) is 0 Å². The van der Waals surface area contributed by atoms with E-state index < -0.39 is 17.7 Å². The van der Waals surface area contributed by atoms with Crippen LogP contribution in [0, 0.1) is 18.6 Å². The topological polar surface area (TPSA) is 20.2 Å². The molecule has 100 valence electrons. The van der Waals surface area contributed by atoms with E-state index in [0.717, 1.165) is 22.2 Å². The molecule has 2 aromatic rings. The van der Waals surface area contributed by atoms with Gasteiger partial charge >= 0.3 is 0 Å². The highest BCUT2D eigenvalue weighted by Gasteiger charge is 2.19. The number of hydrogen-bond acceptors (Lipinski definition) is 1. The lowest BCUT2D eigenvalue weighted by Gasteiger charge is -2.16. The molecule has 5 heteroatoms. The smallest absolute Gasteiger partial charge is 0.160 e. The van der Waals surface area contributed by atoms with Crippen molar-refractivity contribution in [1.82, 2.24) is 0 Å². The van der Waals surface area contributed by atoms with Crippen molar-refractivity contribution in [2.75, 3.05) is 0 Å². The number of rotatable bonds is 2. The van der Waals surface area contributed by atoms with Crippen LogP contribution < -0.4 is 0 Å². The van der Waals surface area contributed by atoms with E-state index in [0.29, 0.717) is 5.56 Å². The highest BCUT2D eigenvalue weighted by Crippen LogP contribution is 2.33. The number of benzene rings is 2. The van der Waals surface area contributed by atoms with E-state index in [1.54, 1.807) is 12.1 Å². The summed E-state index contributed by atoms with van der Waals surface area (Å²) < 4.78 is 27.1. The van der Waals surface area contributed by atoms with Crippen molar-refractivity contribution in [2.45, 2.75) is 13.0 Å². The largest absolute Gasteiger partial charge is 0.384 e. The monoisotopic (exact) mass is 346 g/mol. The van der Waals surface area contributed by atoms with Crippen molar-refractivity contribution in [2.24, 2.45) is 0 Å². The summed E-state index contributed by atoms with van der Waals surface area (Å²) >= 11 is 9.21. The molecule has 0 spiro atoms. The van der Waals surface area contributed by atoms with E-state index in [4.69, 9.17) is 11.6 Å². The molecule has 0 radical (unpaired) electrons. The Hall–Kier alpha value is -0.970. The second-order valence-electron chi connectivity index (χ2n) is 4.14. The SMILES string of the molecule is Cc1c(Br)cccc1C(O)c1cc(F)c(F)cc1Cl. The molecule has 0 fully saturated rings. The molecular formula is C14H10BrClF2O. The Morgan fingerprint density at radius 2 is 1.79 bits per heavy atom. The summed E-state index contributed by atoms with van der Waals surface area (Å²) in [6.07, 6.45) is -1.11. The molecule has 0 aromatic heterocycles. The highest BCUT2D eigenvalue weighted by atomic mass is 79.9. The Kier molecular flexibility index (Phi) is 4.23. The maximum atomic E-state index is 13.3. The number of aliphatic hydroxyl groups is 1. The fourth-order valence-electron chi connectivity index (χ4n) is 1.84. The lowest BCUT2D eigenvalue weighted by molar-refractivity contribution is 0.219. The van der Waals surface area contributed by atoms with Gasteiger partial charge in [0, 0.05) is 15.1 Å². The molecule has 0 aliphatic carbocycles. The van der Waals surface area contributed by atoms with Gasteiger partial charge in [-0.05, 0) is 36.2 Å². The third-order valence-corrected chi connectivity index (χ3v) is 4.12. The summed E-state index contributed by atoms with van der Waals surface area (Å²) in [6.45, 7) is 1.82. The van der Waals surface area contributed by atoms with Gasteiger partial charge in [0.05, 0.1) is 0 Å². The van der Waals surface area contributed by atoms with Crippen molar-refractivity contribution in [3.05, 3.63) is 68.2 Å². The van der Waals surface area contributed by atoms with Gasteiger partial charge in [0.2, 0.25) is 0 Å². The van der Waals surface area contributed by atoms with Gasteiger partial charge < -0.3 is 5.11 Å². The van der Waals surface area contributed by atoms with E-state index in [1.165, 1.54) is 0 Å². The van der Waals surface area contributed by atoms with Gasteiger partial charge in [0.25, 0.3) is 0 Å². The van der Waals surface area contributed by atoms with Crippen LogP contribution in [0.4, 0.5) is 8.78 Å². The normalized spacial score (nSPS) is 12.5. The maximum absolute atomic E-state index is 13.3. The number of aliphatic hydroxyl groups excluding tert-OH is 1. The van der Waals surface area contributed by atoms with Gasteiger partial charge in [-0.2, -0.15) is 0 Å². The van der Waals surface area contributed by atoms with Gasteiger partial charge in [-0.3, -0.25) is 0 Å². The van der Waals surface area contributed by atoms with Crippen LogP contribution in [0.25, 0.3) is 0 Å². The van der Waals surface area contributed by atoms with E-state index in [-0.39, 0.29) is 10.6 Å². The van der Waals surface area contributed by atoms with Crippen molar-refractivity contribution >= 4 is 27.5 Å². The fraction of sp³-hybridized carbons (Fsp3) is 0.143. The Bertz CT molecular complexity index is 631. The minimum absolute atomic E-state index is 0.00854. The fourth-order valence-corrected chi connectivity index (χ4v) is 2.47. The Morgan fingerprint density at radius 1 is 1.16 bits per heavy atom. The quantitative estimate of drug-likeness (QED) is 0.776. The van der Waals surface area contributed by atoms with Crippen molar-refractivity contribution in [1.29, 1.82) is 0 Å². The molecule has 0 bridgehead atoms. The summed E-state index contributed by atoms with van der Waals surface area (Å²) in [4.78, 5) is 0. The molecule has 0 aliphatic heterocycles. The van der Waals surface area contributed by atoms with E-state index in [9.17, 15) is 13.9 Å². The zero-order chi connectivity index (χ0) is 14.2. The summed E-state index contributed by atoms with van der Waals surface area (Å²) in [5.41, 5.74) is 1.54. The minimum atomic E-state index is -1.11. The molecule has 19 heavy (non-hydrogen) atoms. The summed E-state index contributed by atoms with van der Waals surface area (Å²) in [6, 6.07) is 7.08. The predicted octanol–water partition coefficient (Wildman–Crippen LogP) is 4.77. The van der Waals surface area contributed by atoms with E-state index in [2.05, 4.69) is 15.9 Å². The average molecular weight is 348 g/mol. The molecule has 1 atom stereocenters. The zero-order valence-corrected chi connectivity index (χ0v) is 12.3. The van der Waals surface area contributed by atoms with E-state index in [1.807, 2.05) is 13.0 Å². The van der Waals surface area contributed by atoms with Crippen LogP contribution in [0.15, 0.2) is 34.8 Å². The van der Waals surface area contributed by atoms with Gasteiger partial charge in [-0.1, -0.05) is 39.7 Å². The Balaban J connectivity index is 2.53. The predicted molar refractivity (Wildman–Crippen MR) is 74.3 cm³/mol. The first-order valence-electron chi connectivity index (χ1n) is 5.49. The van der Waals surface area contributed by atoms with Gasteiger partial charge in [0.1, 0.15) is 6.10 Å². The number of halogens is 4. The molecule has 0 saturated carbocycles. The van der Waals surface area contributed by atoms with Gasteiger partial charge in [-0.25, -0.2) is 8.78 Å². The molecule has 0 aliphatic rings. The third-order valence-electron chi connectivity index (χ3n) is 2.94. The van der Waals surface area contributed by atoms with Crippen molar-refractivity contribution < 1.29 is 13.9 Å². The second-order valence-corrected chi connectivity index (χ2v) is 5.41. The second kappa shape index (κ2) is 5.57. The lowest BCUT2D eigenvalue weighted by atomic mass is 9.97. The molecule has 0 saturated heterocycles. The van der Waals surface area contributed by atoms with Gasteiger partial charge in [0.15, 0.2) is 11.6 Å². The van der Waals surface area contributed by atoms with Crippen LogP contribution in [0.1, 0.15) is 22.8 Å². The average Bonchev–Trinajstić information content (AvgIpc) is 2.36. The van der Waals surface area contributed by atoms with Crippen molar-refractivity contribution in [3.8, 4) is 0 Å². The number of hydrogen-bond donors (Lipinski definition) is 1. The Labute approximate surface area is 123 Å². The molecule has 0 heterocycles. The molecule has 2 rings (SSSR count). The third kappa shape index (κ3) is 2.81. The summed E-state index contributed by atoms with van der Waals surface area (Å²) in [7, 11) is 0. The first-order valence-corrected chi connectivity index (χ1v) is 6.66. The van der Waals surface area contributed by atoms with Crippen LogP contribution in [0.5, 0.6) is 0 Å². The molecule has 1 N–H and O–H groups in total. The molecule has 2 aromatic carbocycles. The molecular weight excluding hydrogens is 338 g/mol. The summed E-state index contributed by atoms with van der Waals surface area (Å²) in [5, 5.41) is 10.3. The standard InChI is InChI=1S/C14H10BrClF2O/c1-7-8(3-2-4-10(7)15)14(19)9-5-12(17)13(18)6-11(9)16/h2-6,14,19H,1H3. The lowest BCUT2D eigenvalue weighted by Crippen LogP contribution is -2.04. The van der Waals surface area contributed by atoms with Gasteiger partial charge in [-0.15, -0.1) is 0 Å². The maximum Gasteiger partial charge on any atom is 0.160 e. The highest BCUT2D eigenvalue weighted by molar-refractivity contribution is 9.10. The molecule has 0 amide bonds. The summed E-state index contributed by atoms with van der Waals surface area (Å²) in [5.74, 6) is -2.07. The first-order chi connectivity index (χ1) is 8.91. The van der Waals surface area contributed by atoms with Crippen LogP contribution >= 0.6 is 27.5 Å². The zero-order valence-electron chi connectivity index (χ0n) is 9.92. The van der Waals surface area contributed by atoms with Crippen LogP contribution in [0.2, 0.25) is 5.02 Å². The van der Waals surface area contributed by atoms with E-state index >= 15 is 0 Å². The van der Waals surface area contributed by atoms with Crippen molar-refractivity contribution in [3.63, 3.8) is 0 Å².